The molecule has 6 nitrogen and oxygen atoms in total. The smallest absolute Gasteiger partial charge is 0.302 e. The standard InChI is InChI=1S/C23H32O6/c1-4-16-6-5-7-17(22(29-15(2)25)13-20(26)9-8-16)10-18-12-23(28-3)21(27)11-19(18)14-24/h11-12,16-17,20,22,24,26-27H,4,7-10,13-14H2,1-3H3/t16-,17+,20-,22-/m0/s1. The molecule has 2 rings (SSSR count). The van der Waals surface area contributed by atoms with Gasteiger partial charge in [0.05, 0.1) is 19.8 Å². The molecule has 1 aliphatic rings. The van der Waals surface area contributed by atoms with Gasteiger partial charge in [0.15, 0.2) is 11.5 Å². The van der Waals surface area contributed by atoms with Crippen molar-refractivity contribution in [1.82, 2.24) is 0 Å². The maximum Gasteiger partial charge on any atom is 0.302 e. The zero-order valence-corrected chi connectivity index (χ0v) is 17.5. The Labute approximate surface area is 172 Å². The molecule has 3 N–H and O–H groups in total. The minimum absolute atomic E-state index is 0.0382. The highest BCUT2D eigenvalue weighted by Crippen LogP contribution is 2.33. The second-order valence-corrected chi connectivity index (χ2v) is 7.66. The fourth-order valence-corrected chi connectivity index (χ4v) is 3.81. The number of hydrogen-bond donors (Lipinski definition) is 3. The van der Waals surface area contributed by atoms with Crippen molar-refractivity contribution in [2.45, 2.75) is 71.2 Å². The van der Waals surface area contributed by atoms with Crippen LogP contribution in [0.2, 0.25) is 0 Å². The summed E-state index contributed by atoms with van der Waals surface area (Å²) in [5.74, 6) is 6.53. The van der Waals surface area contributed by atoms with E-state index in [2.05, 4.69) is 18.8 Å². The summed E-state index contributed by atoms with van der Waals surface area (Å²) in [6.07, 6.45) is 2.66. The molecular formula is C23H32O6. The molecule has 0 aromatic heterocycles. The van der Waals surface area contributed by atoms with Gasteiger partial charge in [0.2, 0.25) is 0 Å². The van der Waals surface area contributed by atoms with Gasteiger partial charge in [-0.3, -0.25) is 4.79 Å². The summed E-state index contributed by atoms with van der Waals surface area (Å²) in [4.78, 5) is 11.7. The van der Waals surface area contributed by atoms with Crippen LogP contribution in [0.5, 0.6) is 11.5 Å². The number of aliphatic hydroxyl groups excluding tert-OH is 2. The lowest BCUT2D eigenvalue weighted by molar-refractivity contribution is -0.150. The highest BCUT2D eigenvalue weighted by Gasteiger charge is 2.29. The predicted molar refractivity (Wildman–Crippen MR) is 109 cm³/mol. The molecule has 0 aliphatic heterocycles. The molecule has 0 spiro atoms. The lowest BCUT2D eigenvalue weighted by Gasteiger charge is -2.29. The molecule has 160 valence electrons. The van der Waals surface area contributed by atoms with Crippen molar-refractivity contribution in [2.24, 2.45) is 11.8 Å². The summed E-state index contributed by atoms with van der Waals surface area (Å²) in [5, 5.41) is 30.2. The largest absolute Gasteiger partial charge is 0.504 e. The van der Waals surface area contributed by atoms with Crippen LogP contribution in [0, 0.1) is 23.7 Å². The van der Waals surface area contributed by atoms with Crippen LogP contribution in [0.3, 0.4) is 0 Å². The number of methoxy groups -OCH3 is 1. The third-order valence-electron chi connectivity index (χ3n) is 5.51. The number of esters is 1. The van der Waals surface area contributed by atoms with E-state index in [4.69, 9.17) is 9.47 Å². The monoisotopic (exact) mass is 404 g/mol. The fraction of sp³-hybridized carbons (Fsp3) is 0.609. The molecule has 1 aromatic carbocycles. The van der Waals surface area contributed by atoms with E-state index in [1.807, 2.05) is 0 Å². The molecule has 0 unspecified atom stereocenters. The molecule has 0 saturated carbocycles. The van der Waals surface area contributed by atoms with Crippen LogP contribution in [0.15, 0.2) is 12.1 Å². The lowest BCUT2D eigenvalue weighted by atomic mass is 9.84. The first-order valence-corrected chi connectivity index (χ1v) is 10.2. The van der Waals surface area contributed by atoms with E-state index in [9.17, 15) is 20.1 Å². The molecular weight excluding hydrogens is 372 g/mol. The molecule has 29 heavy (non-hydrogen) atoms. The van der Waals surface area contributed by atoms with Gasteiger partial charge in [-0.05, 0) is 48.9 Å². The zero-order chi connectivity index (χ0) is 21.4. The van der Waals surface area contributed by atoms with Gasteiger partial charge in [-0.2, -0.15) is 0 Å². The first-order chi connectivity index (χ1) is 13.9. The van der Waals surface area contributed by atoms with E-state index in [0.29, 0.717) is 37.0 Å². The first-order valence-electron chi connectivity index (χ1n) is 10.2. The van der Waals surface area contributed by atoms with Crippen molar-refractivity contribution < 1.29 is 29.6 Å². The van der Waals surface area contributed by atoms with Crippen molar-refractivity contribution in [3.63, 3.8) is 0 Å². The van der Waals surface area contributed by atoms with Crippen LogP contribution in [0.4, 0.5) is 0 Å². The normalized spacial score (nSPS) is 24.9. The molecule has 0 bridgehead atoms. The fourth-order valence-electron chi connectivity index (χ4n) is 3.81. The van der Waals surface area contributed by atoms with Gasteiger partial charge in [-0.15, -0.1) is 5.92 Å². The number of phenolic OH excluding ortho intramolecular Hbond substituents is 1. The molecule has 0 heterocycles. The maximum atomic E-state index is 11.7. The summed E-state index contributed by atoms with van der Waals surface area (Å²) >= 11 is 0. The van der Waals surface area contributed by atoms with Gasteiger partial charge < -0.3 is 24.8 Å². The van der Waals surface area contributed by atoms with Crippen molar-refractivity contribution in [2.75, 3.05) is 7.11 Å². The lowest BCUT2D eigenvalue weighted by Crippen LogP contribution is -2.32. The van der Waals surface area contributed by atoms with E-state index in [1.165, 1.54) is 20.1 Å². The number of hydrogen-bond acceptors (Lipinski definition) is 6. The van der Waals surface area contributed by atoms with Crippen LogP contribution in [0.25, 0.3) is 0 Å². The van der Waals surface area contributed by atoms with Gasteiger partial charge >= 0.3 is 5.97 Å². The molecule has 0 radical (unpaired) electrons. The number of aliphatic hydroxyl groups is 2. The summed E-state index contributed by atoms with van der Waals surface area (Å²) in [7, 11) is 1.47. The van der Waals surface area contributed by atoms with Gasteiger partial charge in [0, 0.05) is 31.6 Å². The molecule has 4 atom stereocenters. The highest BCUT2D eigenvalue weighted by molar-refractivity contribution is 5.66. The van der Waals surface area contributed by atoms with E-state index in [-0.39, 0.29) is 24.2 Å². The number of aromatic hydroxyl groups is 1. The van der Waals surface area contributed by atoms with Crippen molar-refractivity contribution in [1.29, 1.82) is 0 Å². The molecule has 0 amide bonds. The molecule has 0 saturated heterocycles. The maximum absolute atomic E-state index is 11.7. The zero-order valence-electron chi connectivity index (χ0n) is 17.5. The Morgan fingerprint density at radius 1 is 1.28 bits per heavy atom. The Balaban J connectivity index is 2.39. The topological polar surface area (TPSA) is 96.2 Å². The minimum atomic E-state index is -0.567. The number of phenols is 1. The number of ether oxygens (including phenoxy) is 2. The second kappa shape index (κ2) is 11.1. The predicted octanol–water partition coefficient (Wildman–Crippen LogP) is 2.95. The van der Waals surface area contributed by atoms with Gasteiger partial charge in [0.25, 0.3) is 0 Å². The Morgan fingerprint density at radius 2 is 2.03 bits per heavy atom. The Kier molecular flexibility index (Phi) is 8.81. The average Bonchev–Trinajstić information content (AvgIpc) is 2.69. The first kappa shape index (κ1) is 23.1. The van der Waals surface area contributed by atoms with Crippen LogP contribution < -0.4 is 4.74 Å². The van der Waals surface area contributed by atoms with E-state index < -0.39 is 18.2 Å². The second-order valence-electron chi connectivity index (χ2n) is 7.66. The highest BCUT2D eigenvalue weighted by atomic mass is 16.5. The van der Waals surface area contributed by atoms with E-state index in [0.717, 1.165) is 18.4 Å². The third-order valence-corrected chi connectivity index (χ3v) is 5.51. The van der Waals surface area contributed by atoms with E-state index in [1.54, 1.807) is 6.07 Å². The average molecular weight is 405 g/mol. The molecule has 1 aliphatic carbocycles. The third kappa shape index (κ3) is 6.66. The van der Waals surface area contributed by atoms with Crippen LogP contribution in [-0.2, 0) is 22.6 Å². The molecule has 6 heteroatoms. The van der Waals surface area contributed by atoms with E-state index >= 15 is 0 Å². The summed E-state index contributed by atoms with van der Waals surface area (Å²) in [6.45, 7) is 3.22. The quantitative estimate of drug-likeness (QED) is 0.498. The number of rotatable bonds is 6. The van der Waals surface area contributed by atoms with Gasteiger partial charge in [-0.1, -0.05) is 12.8 Å². The van der Waals surface area contributed by atoms with Crippen LogP contribution in [-0.4, -0.2) is 40.6 Å². The van der Waals surface area contributed by atoms with Crippen molar-refractivity contribution in [3.05, 3.63) is 23.3 Å². The Bertz CT molecular complexity index is 748. The van der Waals surface area contributed by atoms with Gasteiger partial charge in [0.1, 0.15) is 6.10 Å². The van der Waals surface area contributed by atoms with Crippen molar-refractivity contribution >= 4 is 5.97 Å². The van der Waals surface area contributed by atoms with Crippen LogP contribution in [0.1, 0.15) is 57.1 Å². The summed E-state index contributed by atoms with van der Waals surface area (Å²) < 4.78 is 10.8. The molecule has 0 fully saturated rings. The summed E-state index contributed by atoms with van der Waals surface area (Å²) in [5.41, 5.74) is 1.38. The number of benzene rings is 1. The van der Waals surface area contributed by atoms with Gasteiger partial charge in [-0.25, -0.2) is 0 Å². The molecule has 1 aromatic rings. The Hall–Kier alpha value is -2.23. The van der Waals surface area contributed by atoms with Crippen molar-refractivity contribution in [3.8, 4) is 23.3 Å². The number of carbonyl (C=O) groups is 1. The minimum Gasteiger partial charge on any atom is -0.504 e. The summed E-state index contributed by atoms with van der Waals surface area (Å²) in [6, 6.07) is 3.19. The SMILES string of the molecule is CC[C@H]1C#CC[C@H](Cc2cc(OC)c(O)cc2CO)[C@@H](OC(C)=O)C[C@@H](O)CC1. The van der Waals surface area contributed by atoms with Crippen LogP contribution >= 0.6 is 0 Å². The number of carbonyl (C=O) groups excluding carboxylic acids is 1. The Morgan fingerprint density at radius 3 is 2.66 bits per heavy atom.